The Hall–Kier alpha value is -2.50. The summed E-state index contributed by atoms with van der Waals surface area (Å²) in [5.41, 5.74) is 3.70. The first-order chi connectivity index (χ1) is 7.74. The van der Waals surface area contributed by atoms with E-state index in [-0.39, 0.29) is 0 Å². The third-order valence-corrected chi connectivity index (χ3v) is 1.57. The van der Waals surface area contributed by atoms with E-state index < -0.39 is 35.2 Å². The molecule has 0 fully saturated rings. The second-order valence-corrected chi connectivity index (χ2v) is 2.73. The predicted molar refractivity (Wildman–Crippen MR) is 47.0 cm³/mol. The molecule has 0 amide bonds. The number of carboxylic acids is 1. The number of halogens is 3. The number of nitrogen functional groups attached to an aromatic ring is 1. The predicted octanol–water partition coefficient (Wildman–Crippen LogP) is 1.13. The fourth-order valence-electron chi connectivity index (χ4n) is 1.02. The van der Waals surface area contributed by atoms with Crippen molar-refractivity contribution in [1.82, 2.24) is 4.98 Å². The van der Waals surface area contributed by atoms with Gasteiger partial charge in [0.2, 0.25) is 0 Å². The van der Waals surface area contributed by atoms with Gasteiger partial charge in [0.1, 0.15) is 23.1 Å². The lowest BCUT2D eigenvalue weighted by atomic mass is 10.2. The molecule has 0 spiro atoms. The number of ether oxygens (including phenoxy) is 1. The molecule has 0 unspecified atom stereocenters. The average Bonchev–Trinajstić information content (AvgIpc) is 2.13. The minimum absolute atomic E-state index is 0.480. The third-order valence-electron chi connectivity index (χ3n) is 1.57. The number of rotatable bonds is 2. The maximum atomic E-state index is 12.0. The Labute approximate surface area is 92.0 Å². The van der Waals surface area contributed by atoms with Gasteiger partial charge in [-0.15, -0.1) is 13.2 Å². The minimum atomic E-state index is -5.09. The smallest absolute Gasteiger partial charge is 0.477 e. The lowest BCUT2D eigenvalue weighted by molar-refractivity contribution is -0.274. The molecule has 0 aliphatic rings. The molecule has 0 saturated carbocycles. The van der Waals surface area contributed by atoms with E-state index in [1.165, 1.54) is 6.07 Å². The van der Waals surface area contributed by atoms with Gasteiger partial charge in [-0.3, -0.25) is 0 Å². The van der Waals surface area contributed by atoms with Crippen LogP contribution in [-0.2, 0) is 0 Å². The van der Waals surface area contributed by atoms with Crippen molar-refractivity contribution in [2.75, 3.05) is 5.73 Å². The van der Waals surface area contributed by atoms with Gasteiger partial charge >= 0.3 is 12.3 Å². The van der Waals surface area contributed by atoms with Crippen LogP contribution in [0.4, 0.5) is 19.0 Å². The van der Waals surface area contributed by atoms with Crippen LogP contribution in [0.15, 0.2) is 6.07 Å². The number of carboxylic acid groups (broad SMARTS) is 1. The van der Waals surface area contributed by atoms with Crippen molar-refractivity contribution in [2.24, 2.45) is 0 Å². The summed E-state index contributed by atoms with van der Waals surface area (Å²) in [5.74, 6) is -3.54. The minimum Gasteiger partial charge on any atom is -0.477 e. The van der Waals surface area contributed by atoms with E-state index in [1.807, 2.05) is 0 Å². The Morgan fingerprint density at radius 3 is 2.59 bits per heavy atom. The number of pyridine rings is 1. The zero-order chi connectivity index (χ0) is 13.2. The second kappa shape index (κ2) is 4.17. The number of nitrogens with two attached hydrogens (primary N) is 1. The summed E-state index contributed by atoms with van der Waals surface area (Å²) in [6, 6.07) is 1.98. The molecule has 0 radical (unpaired) electrons. The monoisotopic (exact) mass is 247 g/mol. The highest BCUT2D eigenvalue weighted by molar-refractivity contribution is 5.95. The molecule has 0 aliphatic carbocycles. The number of aromatic carboxylic acids is 1. The highest BCUT2D eigenvalue weighted by Gasteiger charge is 2.34. The topological polar surface area (TPSA) is 109 Å². The summed E-state index contributed by atoms with van der Waals surface area (Å²) >= 11 is 0. The summed E-state index contributed by atoms with van der Waals surface area (Å²) in [6.45, 7) is 0. The molecular formula is C8H4F3N3O3. The highest BCUT2D eigenvalue weighted by Crippen LogP contribution is 2.29. The molecule has 1 heterocycles. The zero-order valence-electron chi connectivity index (χ0n) is 7.95. The molecule has 1 rings (SSSR count). The summed E-state index contributed by atoms with van der Waals surface area (Å²) in [4.78, 5) is 14.0. The first kappa shape index (κ1) is 12.6. The first-order valence-electron chi connectivity index (χ1n) is 3.94. The van der Waals surface area contributed by atoms with Gasteiger partial charge in [-0.25, -0.2) is 9.78 Å². The molecule has 0 atom stereocenters. The molecule has 1 aromatic rings. The number of aromatic nitrogens is 1. The lowest BCUT2D eigenvalue weighted by Crippen LogP contribution is -2.20. The highest BCUT2D eigenvalue weighted by atomic mass is 19.4. The van der Waals surface area contributed by atoms with Crippen molar-refractivity contribution in [3.63, 3.8) is 0 Å². The van der Waals surface area contributed by atoms with Crippen LogP contribution in [-0.4, -0.2) is 22.4 Å². The molecule has 0 aliphatic heterocycles. The van der Waals surface area contributed by atoms with Crippen LogP contribution in [0.3, 0.4) is 0 Å². The molecule has 3 N–H and O–H groups in total. The van der Waals surface area contributed by atoms with Gasteiger partial charge in [0.15, 0.2) is 5.75 Å². The largest absolute Gasteiger partial charge is 0.573 e. The Balaban J connectivity index is 3.39. The Kier molecular flexibility index (Phi) is 3.08. The van der Waals surface area contributed by atoms with Crippen LogP contribution >= 0.6 is 0 Å². The van der Waals surface area contributed by atoms with Gasteiger partial charge in [0.05, 0.1) is 0 Å². The van der Waals surface area contributed by atoms with Crippen LogP contribution in [0.1, 0.15) is 16.1 Å². The van der Waals surface area contributed by atoms with Gasteiger partial charge in [0.25, 0.3) is 0 Å². The number of nitrogens with zero attached hydrogens (tertiary/aromatic N) is 2. The van der Waals surface area contributed by atoms with E-state index in [1.54, 1.807) is 0 Å². The van der Waals surface area contributed by atoms with Crippen molar-refractivity contribution in [1.29, 1.82) is 5.26 Å². The fraction of sp³-hybridized carbons (Fsp3) is 0.125. The number of carbonyl (C=O) groups is 1. The van der Waals surface area contributed by atoms with E-state index in [2.05, 4.69) is 9.72 Å². The van der Waals surface area contributed by atoms with E-state index in [4.69, 9.17) is 16.1 Å². The summed E-state index contributed by atoms with van der Waals surface area (Å²) < 4.78 is 39.4. The van der Waals surface area contributed by atoms with Gasteiger partial charge in [-0.05, 0) is 0 Å². The molecule has 1 aromatic heterocycles. The average molecular weight is 247 g/mol. The van der Waals surface area contributed by atoms with Gasteiger partial charge in [-0.2, -0.15) is 5.26 Å². The lowest BCUT2D eigenvalue weighted by Gasteiger charge is -2.12. The van der Waals surface area contributed by atoms with Gasteiger partial charge < -0.3 is 15.6 Å². The standard InChI is InChI=1S/C8H4F3N3O3/c9-8(10,11)17-4-1-3(2-12)14-6(13)5(4)7(15)16/h1H,(H2,13,14)(H,15,16). The molecule has 17 heavy (non-hydrogen) atoms. The maximum Gasteiger partial charge on any atom is 0.573 e. The van der Waals surface area contributed by atoms with E-state index in [0.29, 0.717) is 6.07 Å². The molecule has 0 bridgehead atoms. The van der Waals surface area contributed by atoms with E-state index >= 15 is 0 Å². The second-order valence-electron chi connectivity index (χ2n) is 2.73. The number of hydrogen-bond acceptors (Lipinski definition) is 5. The Morgan fingerprint density at radius 1 is 1.59 bits per heavy atom. The Bertz CT molecular complexity index is 507. The molecule has 0 saturated heterocycles. The maximum absolute atomic E-state index is 12.0. The van der Waals surface area contributed by atoms with Gasteiger partial charge in [-0.1, -0.05) is 0 Å². The van der Waals surface area contributed by atoms with Crippen molar-refractivity contribution in [3.8, 4) is 11.8 Å². The molecular weight excluding hydrogens is 243 g/mol. The molecule has 6 nitrogen and oxygen atoms in total. The first-order valence-corrected chi connectivity index (χ1v) is 3.94. The van der Waals surface area contributed by atoms with Crippen LogP contribution < -0.4 is 10.5 Å². The SMILES string of the molecule is N#Cc1cc(OC(F)(F)F)c(C(=O)O)c(N)n1. The van der Waals surface area contributed by atoms with Crippen LogP contribution in [0.5, 0.6) is 5.75 Å². The third kappa shape index (κ3) is 2.97. The van der Waals surface area contributed by atoms with Crippen molar-refractivity contribution < 1.29 is 27.8 Å². The quantitative estimate of drug-likeness (QED) is 0.810. The van der Waals surface area contributed by atoms with E-state index in [0.717, 1.165) is 0 Å². The van der Waals surface area contributed by atoms with Crippen LogP contribution in [0.2, 0.25) is 0 Å². The summed E-state index contributed by atoms with van der Waals surface area (Å²) in [6.07, 6.45) is -5.09. The van der Waals surface area contributed by atoms with E-state index in [9.17, 15) is 18.0 Å². The number of hydrogen-bond donors (Lipinski definition) is 2. The zero-order valence-corrected chi connectivity index (χ0v) is 7.95. The fourth-order valence-corrected chi connectivity index (χ4v) is 1.02. The normalized spacial score (nSPS) is 10.7. The van der Waals surface area contributed by atoms with Crippen molar-refractivity contribution in [2.45, 2.75) is 6.36 Å². The molecule has 90 valence electrons. The molecule has 0 aromatic carbocycles. The van der Waals surface area contributed by atoms with Crippen molar-refractivity contribution >= 4 is 11.8 Å². The summed E-state index contributed by atoms with van der Waals surface area (Å²) in [7, 11) is 0. The number of nitriles is 1. The van der Waals surface area contributed by atoms with Crippen LogP contribution in [0, 0.1) is 11.3 Å². The van der Waals surface area contributed by atoms with Crippen molar-refractivity contribution in [3.05, 3.63) is 17.3 Å². The van der Waals surface area contributed by atoms with Crippen LogP contribution in [0.25, 0.3) is 0 Å². The molecule has 9 heteroatoms. The van der Waals surface area contributed by atoms with Gasteiger partial charge in [0, 0.05) is 6.07 Å². The number of anilines is 1. The summed E-state index contributed by atoms with van der Waals surface area (Å²) in [5, 5.41) is 17.1. The number of alkyl halides is 3. The Morgan fingerprint density at radius 2 is 2.18 bits per heavy atom.